The van der Waals surface area contributed by atoms with Gasteiger partial charge in [0.15, 0.2) is 0 Å². The van der Waals surface area contributed by atoms with E-state index >= 15 is 0 Å². The Kier molecular flexibility index (Phi) is 9.29. The first kappa shape index (κ1) is 16.1. The Morgan fingerprint density at radius 1 is 1.00 bits per heavy atom. The monoisotopic (exact) mass is 342 g/mol. The van der Waals surface area contributed by atoms with Crippen LogP contribution < -0.4 is 0 Å². The number of ether oxygens (including phenoxy) is 1. The number of esters is 1. The molecule has 0 spiro atoms. The zero-order valence-corrected chi connectivity index (χ0v) is 13.4. The van der Waals surface area contributed by atoms with Gasteiger partial charge in [-0.05, 0) is 0 Å². The van der Waals surface area contributed by atoms with Crippen molar-refractivity contribution < 1.29 is 18.8 Å². The SMILES string of the molecule is CC[O][Sn]([CH2]CC(=O)OC)([O]CC)[O]CC. The Morgan fingerprint density at radius 3 is 1.75 bits per heavy atom. The molecule has 0 rings (SSSR count). The molecule has 0 aromatic heterocycles. The van der Waals surface area contributed by atoms with Crippen LogP contribution >= 0.6 is 0 Å². The van der Waals surface area contributed by atoms with Crippen molar-refractivity contribution in [3.63, 3.8) is 0 Å². The van der Waals surface area contributed by atoms with E-state index in [-0.39, 0.29) is 5.97 Å². The number of rotatable bonds is 9. The number of hydrogen-bond donors (Lipinski definition) is 0. The van der Waals surface area contributed by atoms with Gasteiger partial charge in [0.05, 0.1) is 0 Å². The molecule has 96 valence electrons. The normalized spacial score (nSPS) is 11.5. The van der Waals surface area contributed by atoms with Crippen LogP contribution in [0.4, 0.5) is 0 Å². The molecule has 0 bridgehead atoms. The van der Waals surface area contributed by atoms with Gasteiger partial charge in [0.25, 0.3) is 0 Å². The molecule has 0 saturated heterocycles. The van der Waals surface area contributed by atoms with Gasteiger partial charge < -0.3 is 0 Å². The number of carbonyl (C=O) groups excluding carboxylic acids is 1. The van der Waals surface area contributed by atoms with Gasteiger partial charge in [-0.1, -0.05) is 0 Å². The van der Waals surface area contributed by atoms with Crippen molar-refractivity contribution in [2.45, 2.75) is 31.6 Å². The van der Waals surface area contributed by atoms with Gasteiger partial charge in [0.2, 0.25) is 0 Å². The third kappa shape index (κ3) is 6.03. The third-order valence-electron chi connectivity index (χ3n) is 1.96. The number of carbonyl (C=O) groups is 1. The van der Waals surface area contributed by atoms with E-state index < -0.39 is 19.6 Å². The number of methoxy groups -OCH3 is 1. The van der Waals surface area contributed by atoms with Crippen LogP contribution in [-0.4, -0.2) is 52.5 Å². The van der Waals surface area contributed by atoms with Gasteiger partial charge in [-0.3, -0.25) is 0 Å². The quantitative estimate of drug-likeness (QED) is 0.471. The molecule has 0 heterocycles. The third-order valence-corrected chi connectivity index (χ3v) is 10.7. The van der Waals surface area contributed by atoms with Crippen molar-refractivity contribution >= 4 is 25.6 Å². The minimum absolute atomic E-state index is 0.250. The summed E-state index contributed by atoms with van der Waals surface area (Å²) >= 11 is -3.47. The molecular formula is C10H22O5Sn. The van der Waals surface area contributed by atoms with Gasteiger partial charge in [-0.25, -0.2) is 0 Å². The van der Waals surface area contributed by atoms with E-state index in [9.17, 15) is 4.79 Å². The predicted molar refractivity (Wildman–Crippen MR) is 62.1 cm³/mol. The second-order valence-corrected chi connectivity index (χ2v) is 10.9. The van der Waals surface area contributed by atoms with Crippen LogP contribution in [0.3, 0.4) is 0 Å². The molecule has 0 amide bonds. The topological polar surface area (TPSA) is 54.0 Å². The molecule has 0 aliphatic heterocycles. The van der Waals surface area contributed by atoms with Crippen LogP contribution in [0.25, 0.3) is 0 Å². The van der Waals surface area contributed by atoms with Crippen molar-refractivity contribution in [3.8, 4) is 0 Å². The fourth-order valence-electron chi connectivity index (χ4n) is 1.36. The fourth-order valence-corrected chi connectivity index (χ4v) is 8.53. The van der Waals surface area contributed by atoms with Gasteiger partial charge >= 0.3 is 103 Å². The summed E-state index contributed by atoms with van der Waals surface area (Å²) < 4.78 is 22.1. The molecule has 0 atom stereocenters. The molecule has 0 N–H and O–H groups in total. The predicted octanol–water partition coefficient (Wildman–Crippen LogP) is 1.60. The molecule has 0 aliphatic rings. The Labute approximate surface area is 103 Å². The molecule has 6 heteroatoms. The van der Waals surface area contributed by atoms with Crippen molar-refractivity contribution in [1.29, 1.82) is 0 Å². The van der Waals surface area contributed by atoms with Gasteiger partial charge in [0.1, 0.15) is 0 Å². The van der Waals surface area contributed by atoms with E-state index in [0.29, 0.717) is 30.7 Å². The summed E-state index contributed by atoms with van der Waals surface area (Å²) in [6, 6.07) is 0. The van der Waals surface area contributed by atoms with E-state index in [1.165, 1.54) is 7.11 Å². The molecule has 0 radical (unpaired) electrons. The Morgan fingerprint density at radius 2 is 1.44 bits per heavy atom. The van der Waals surface area contributed by atoms with Gasteiger partial charge in [-0.2, -0.15) is 0 Å². The molecule has 16 heavy (non-hydrogen) atoms. The Hall–Kier alpha value is 0.149. The molecular weight excluding hydrogens is 319 g/mol. The summed E-state index contributed by atoms with van der Waals surface area (Å²) in [5, 5.41) is 0. The van der Waals surface area contributed by atoms with Crippen LogP contribution in [0.15, 0.2) is 0 Å². The van der Waals surface area contributed by atoms with Crippen LogP contribution in [0.1, 0.15) is 27.2 Å². The standard InChI is InChI=1S/C4H7O2.3C2H5O.Sn/c1-3-4(5)6-2;3*1-2-3;/h1,3H2,2H3;3*2H2,1H3;/q;3*-1;+3. The van der Waals surface area contributed by atoms with Gasteiger partial charge in [0, 0.05) is 0 Å². The summed E-state index contributed by atoms with van der Waals surface area (Å²) in [7, 11) is 1.38. The summed E-state index contributed by atoms with van der Waals surface area (Å²) in [6.45, 7) is 7.37. The first-order valence-electron chi connectivity index (χ1n) is 5.62. The first-order chi connectivity index (χ1) is 7.64. The second kappa shape index (κ2) is 9.21. The molecule has 0 aromatic carbocycles. The zero-order valence-electron chi connectivity index (χ0n) is 10.6. The van der Waals surface area contributed by atoms with Crippen LogP contribution in [0.5, 0.6) is 0 Å². The Balaban J connectivity index is 4.39. The van der Waals surface area contributed by atoms with Crippen LogP contribution in [-0.2, 0) is 18.8 Å². The van der Waals surface area contributed by atoms with E-state index in [2.05, 4.69) is 4.74 Å². The molecule has 0 fully saturated rings. The molecule has 0 saturated carbocycles. The zero-order chi connectivity index (χ0) is 12.4. The second-order valence-electron chi connectivity index (χ2n) is 3.06. The Bertz CT molecular complexity index is 181. The summed E-state index contributed by atoms with van der Waals surface area (Å²) in [5.41, 5.74) is 0. The van der Waals surface area contributed by atoms with Crippen LogP contribution in [0, 0.1) is 0 Å². The molecule has 5 nitrogen and oxygen atoms in total. The van der Waals surface area contributed by atoms with E-state index in [1.54, 1.807) is 0 Å². The van der Waals surface area contributed by atoms with Crippen molar-refractivity contribution in [3.05, 3.63) is 0 Å². The average molecular weight is 341 g/mol. The summed E-state index contributed by atoms with van der Waals surface area (Å²) in [6.07, 6.45) is 0.298. The molecule has 0 unspecified atom stereocenters. The minimum atomic E-state index is -3.47. The van der Waals surface area contributed by atoms with Crippen molar-refractivity contribution in [2.24, 2.45) is 0 Å². The maximum atomic E-state index is 11.1. The molecule has 0 aliphatic carbocycles. The maximum absolute atomic E-state index is 11.1. The van der Waals surface area contributed by atoms with Gasteiger partial charge in [-0.15, -0.1) is 0 Å². The first-order valence-corrected chi connectivity index (χ1v) is 11.1. The molecule has 0 aromatic rings. The average Bonchev–Trinajstić information content (AvgIpc) is 2.27. The van der Waals surface area contributed by atoms with Crippen LogP contribution in [0.2, 0.25) is 4.44 Å². The van der Waals surface area contributed by atoms with E-state index in [0.717, 1.165) is 0 Å². The summed E-state index contributed by atoms with van der Waals surface area (Å²) in [4.78, 5) is 11.1. The van der Waals surface area contributed by atoms with E-state index in [1.807, 2.05) is 20.8 Å². The number of hydrogen-bond acceptors (Lipinski definition) is 5. The van der Waals surface area contributed by atoms with Crippen molar-refractivity contribution in [2.75, 3.05) is 26.9 Å². The van der Waals surface area contributed by atoms with Crippen molar-refractivity contribution in [1.82, 2.24) is 0 Å². The fraction of sp³-hybridized carbons (Fsp3) is 0.900. The van der Waals surface area contributed by atoms with E-state index in [4.69, 9.17) is 9.22 Å². The summed E-state index contributed by atoms with van der Waals surface area (Å²) in [5.74, 6) is -0.250.